The molecule has 1 aromatic carbocycles. The summed E-state index contributed by atoms with van der Waals surface area (Å²) in [6, 6.07) is 4.45. The normalized spacial score (nSPS) is 7.41. The third-order valence-electron chi connectivity index (χ3n) is 2.07. The van der Waals surface area contributed by atoms with Crippen molar-refractivity contribution in [1.82, 2.24) is 0 Å². The molecule has 0 fully saturated rings. The maximum Gasteiger partial charge on any atom is 0.106 e. The Balaban J connectivity index is -0.000000239. The predicted molar refractivity (Wildman–Crippen MR) is 75.6 cm³/mol. The summed E-state index contributed by atoms with van der Waals surface area (Å²) in [6.07, 6.45) is 1.25. The molecule has 1 aromatic rings. The molecule has 2 heteroatoms. The third-order valence-corrected chi connectivity index (χ3v) is 2.07. The Labute approximate surface area is 106 Å². The van der Waals surface area contributed by atoms with E-state index < -0.39 is 0 Å². The van der Waals surface area contributed by atoms with Crippen LogP contribution in [0.15, 0.2) is 12.1 Å². The average Bonchev–Trinajstić information content (AvgIpc) is 2.32. The molecule has 0 heterocycles. The van der Waals surface area contributed by atoms with Gasteiger partial charge in [0.15, 0.2) is 0 Å². The number of benzene rings is 1. The molecule has 0 aliphatic rings. The minimum atomic E-state index is 1.25. The number of hydrogen-bond acceptors (Lipinski definition) is 2. The van der Waals surface area contributed by atoms with Gasteiger partial charge >= 0.3 is 0 Å². The van der Waals surface area contributed by atoms with Gasteiger partial charge in [-0.25, -0.2) is 0 Å². The summed E-state index contributed by atoms with van der Waals surface area (Å²) in [5.74, 6) is 0. The topological polar surface area (TPSA) is 34.1 Å². The highest BCUT2D eigenvalue weighted by Gasteiger charge is 1.95. The van der Waals surface area contributed by atoms with Gasteiger partial charge in [0.05, 0.1) is 0 Å². The van der Waals surface area contributed by atoms with E-state index in [9.17, 15) is 0 Å². The lowest BCUT2D eigenvalue weighted by molar-refractivity contribution is -0.0987. The minimum absolute atomic E-state index is 1.25. The summed E-state index contributed by atoms with van der Waals surface area (Å²) < 4.78 is 0. The lowest BCUT2D eigenvalue weighted by Gasteiger charge is -2.04. The highest BCUT2D eigenvalue weighted by Crippen LogP contribution is 2.13. The Morgan fingerprint density at radius 2 is 1.06 bits per heavy atom. The SMILES string of the molecule is C=O.C=O.CCC.Cc1cc(C)c(C)c(C)c1. The van der Waals surface area contributed by atoms with Crippen LogP contribution in [0.2, 0.25) is 0 Å². The number of rotatable bonds is 0. The molecule has 0 radical (unpaired) electrons. The van der Waals surface area contributed by atoms with Crippen LogP contribution >= 0.6 is 0 Å². The molecule has 2 nitrogen and oxygen atoms in total. The van der Waals surface area contributed by atoms with E-state index in [-0.39, 0.29) is 0 Å². The summed E-state index contributed by atoms with van der Waals surface area (Å²) >= 11 is 0. The molecule has 0 spiro atoms. The zero-order valence-electron chi connectivity index (χ0n) is 12.1. The van der Waals surface area contributed by atoms with Gasteiger partial charge in [-0.2, -0.15) is 0 Å². The molecule has 0 atom stereocenters. The molecule has 17 heavy (non-hydrogen) atoms. The van der Waals surface area contributed by atoms with Gasteiger partial charge < -0.3 is 9.59 Å². The van der Waals surface area contributed by atoms with Crippen molar-refractivity contribution in [1.29, 1.82) is 0 Å². The number of aryl methyl sites for hydroxylation is 3. The van der Waals surface area contributed by atoms with Gasteiger partial charge in [-0.15, -0.1) is 0 Å². The largest absolute Gasteiger partial charge is 0.307 e. The first-order valence-corrected chi connectivity index (χ1v) is 5.65. The van der Waals surface area contributed by atoms with Gasteiger partial charge in [-0.05, 0) is 44.4 Å². The molecule has 98 valence electrons. The van der Waals surface area contributed by atoms with Crippen LogP contribution in [0.1, 0.15) is 42.5 Å². The Morgan fingerprint density at radius 1 is 0.824 bits per heavy atom. The lowest BCUT2D eigenvalue weighted by atomic mass is 10.0. The van der Waals surface area contributed by atoms with Gasteiger partial charge in [0.25, 0.3) is 0 Å². The first kappa shape index (κ1) is 20.9. The molecule has 0 aromatic heterocycles. The van der Waals surface area contributed by atoms with Crippen molar-refractivity contribution < 1.29 is 9.59 Å². The average molecular weight is 238 g/mol. The molecule has 1 rings (SSSR count). The smallest absolute Gasteiger partial charge is 0.106 e. The van der Waals surface area contributed by atoms with Crippen molar-refractivity contribution in [2.24, 2.45) is 0 Å². The van der Waals surface area contributed by atoms with Crippen LogP contribution in [0, 0.1) is 27.7 Å². The van der Waals surface area contributed by atoms with E-state index >= 15 is 0 Å². The van der Waals surface area contributed by atoms with Crippen molar-refractivity contribution in [2.45, 2.75) is 48.0 Å². The summed E-state index contributed by atoms with van der Waals surface area (Å²) in [6.45, 7) is 16.9. The third kappa shape index (κ3) is 10.8. The van der Waals surface area contributed by atoms with Gasteiger partial charge in [0.2, 0.25) is 0 Å². The van der Waals surface area contributed by atoms with Crippen molar-refractivity contribution in [3.63, 3.8) is 0 Å². The number of carbonyl (C=O) groups is 2. The molecule has 0 saturated heterocycles. The van der Waals surface area contributed by atoms with Crippen molar-refractivity contribution in [2.75, 3.05) is 0 Å². The van der Waals surface area contributed by atoms with E-state index in [1.807, 2.05) is 13.6 Å². The molecule has 0 aliphatic carbocycles. The van der Waals surface area contributed by atoms with E-state index in [1.165, 1.54) is 28.7 Å². The van der Waals surface area contributed by atoms with Crippen molar-refractivity contribution >= 4 is 13.6 Å². The number of carbonyl (C=O) groups excluding carboxylic acids is 2. The molecule has 0 N–H and O–H groups in total. The van der Waals surface area contributed by atoms with Crippen LogP contribution in [0.25, 0.3) is 0 Å². The van der Waals surface area contributed by atoms with E-state index in [0.29, 0.717) is 0 Å². The Morgan fingerprint density at radius 3 is 1.29 bits per heavy atom. The fourth-order valence-corrected chi connectivity index (χ4v) is 1.25. The second kappa shape index (κ2) is 14.6. The molecular formula is C15H26O2. The highest BCUT2D eigenvalue weighted by atomic mass is 16.1. The van der Waals surface area contributed by atoms with E-state index in [2.05, 4.69) is 53.7 Å². The first-order chi connectivity index (χ1) is 8.02. The Bertz CT molecular complexity index is 268. The fourth-order valence-electron chi connectivity index (χ4n) is 1.25. The standard InChI is InChI=1S/C10H14.C3H8.2CH2O/c1-7-5-8(2)10(4)9(3)6-7;1-3-2;2*1-2/h5-6H,1-4H3;3H2,1-2H3;2*1H2. The molecule has 0 aliphatic heterocycles. The lowest BCUT2D eigenvalue weighted by Crippen LogP contribution is -1.86. The summed E-state index contributed by atoms with van der Waals surface area (Å²) in [5.41, 5.74) is 5.58. The van der Waals surface area contributed by atoms with Gasteiger partial charge in [0.1, 0.15) is 13.6 Å². The van der Waals surface area contributed by atoms with E-state index in [4.69, 9.17) is 9.59 Å². The molecule has 0 bridgehead atoms. The first-order valence-electron chi connectivity index (χ1n) is 5.65. The van der Waals surface area contributed by atoms with Crippen LogP contribution in [-0.4, -0.2) is 13.6 Å². The zero-order chi connectivity index (χ0) is 14.4. The molecule has 0 amide bonds. The maximum atomic E-state index is 8.00. The van der Waals surface area contributed by atoms with Gasteiger partial charge in [-0.1, -0.05) is 38.0 Å². The summed E-state index contributed by atoms with van der Waals surface area (Å²) in [5, 5.41) is 0. The van der Waals surface area contributed by atoms with Crippen LogP contribution < -0.4 is 0 Å². The zero-order valence-corrected chi connectivity index (χ0v) is 12.1. The fraction of sp³-hybridized carbons (Fsp3) is 0.467. The van der Waals surface area contributed by atoms with Crippen LogP contribution in [0.4, 0.5) is 0 Å². The van der Waals surface area contributed by atoms with Crippen LogP contribution in [-0.2, 0) is 9.59 Å². The van der Waals surface area contributed by atoms with E-state index in [0.717, 1.165) is 0 Å². The summed E-state index contributed by atoms with van der Waals surface area (Å²) in [7, 11) is 0. The second-order valence-electron chi connectivity index (χ2n) is 3.73. The van der Waals surface area contributed by atoms with Crippen LogP contribution in [0.3, 0.4) is 0 Å². The van der Waals surface area contributed by atoms with E-state index in [1.54, 1.807) is 0 Å². The molecule has 0 saturated carbocycles. The molecular weight excluding hydrogens is 212 g/mol. The highest BCUT2D eigenvalue weighted by molar-refractivity contribution is 5.35. The molecule has 0 unspecified atom stereocenters. The Kier molecular flexibility index (Phi) is 17.9. The van der Waals surface area contributed by atoms with Crippen molar-refractivity contribution in [3.8, 4) is 0 Å². The number of hydrogen-bond donors (Lipinski definition) is 0. The van der Waals surface area contributed by atoms with Gasteiger partial charge in [0, 0.05) is 0 Å². The minimum Gasteiger partial charge on any atom is -0.307 e. The van der Waals surface area contributed by atoms with Crippen LogP contribution in [0.5, 0.6) is 0 Å². The second-order valence-corrected chi connectivity index (χ2v) is 3.73. The summed E-state index contributed by atoms with van der Waals surface area (Å²) in [4.78, 5) is 16.0. The Hall–Kier alpha value is -1.44. The predicted octanol–water partition coefficient (Wildman–Crippen LogP) is 3.97. The quantitative estimate of drug-likeness (QED) is 0.685. The van der Waals surface area contributed by atoms with Crippen molar-refractivity contribution in [3.05, 3.63) is 34.4 Å². The maximum absolute atomic E-state index is 8.00. The monoisotopic (exact) mass is 238 g/mol. The van der Waals surface area contributed by atoms with Gasteiger partial charge in [-0.3, -0.25) is 0 Å².